The van der Waals surface area contributed by atoms with E-state index in [4.69, 9.17) is 4.74 Å². The van der Waals surface area contributed by atoms with Gasteiger partial charge in [0.2, 0.25) is 0 Å². The van der Waals surface area contributed by atoms with Crippen LogP contribution in [-0.4, -0.2) is 13.2 Å². The van der Waals surface area contributed by atoms with Crippen molar-refractivity contribution in [3.05, 3.63) is 0 Å². The molecule has 2 atom stereocenters. The van der Waals surface area contributed by atoms with Crippen LogP contribution in [0.15, 0.2) is 0 Å². The van der Waals surface area contributed by atoms with E-state index in [-0.39, 0.29) is 0 Å². The second-order valence-electron chi connectivity index (χ2n) is 5.24. The van der Waals surface area contributed by atoms with Crippen LogP contribution in [0.5, 0.6) is 0 Å². The fourth-order valence-electron chi connectivity index (χ4n) is 2.61. The Morgan fingerprint density at radius 2 is 1.20 bits per heavy atom. The van der Waals surface area contributed by atoms with E-state index in [1.165, 1.54) is 64.2 Å². The normalized spacial score (nSPS) is 31.6. The van der Waals surface area contributed by atoms with Crippen LogP contribution in [0.3, 0.4) is 0 Å². The molecule has 0 aromatic carbocycles. The van der Waals surface area contributed by atoms with E-state index < -0.39 is 0 Å². The molecule has 0 amide bonds. The highest BCUT2D eigenvalue weighted by Gasteiger charge is 2.09. The molecule has 1 rings (SSSR count). The lowest BCUT2D eigenvalue weighted by Crippen LogP contribution is -2.11. The summed E-state index contributed by atoms with van der Waals surface area (Å²) < 4.78 is 5.52. The molecule has 1 fully saturated rings. The Bertz CT molecular complexity index is 144. The second kappa shape index (κ2) is 8.15. The first-order valence-corrected chi connectivity index (χ1v) is 6.85. The molecule has 0 N–H and O–H groups in total. The van der Waals surface area contributed by atoms with Crippen LogP contribution >= 0.6 is 0 Å². The maximum absolute atomic E-state index is 5.52. The number of hydrogen-bond acceptors (Lipinski definition) is 1. The van der Waals surface area contributed by atoms with Gasteiger partial charge in [-0.05, 0) is 18.8 Å². The summed E-state index contributed by atoms with van der Waals surface area (Å²) in [6, 6.07) is 0. The summed E-state index contributed by atoms with van der Waals surface area (Å²) >= 11 is 0. The molecule has 0 saturated heterocycles. The van der Waals surface area contributed by atoms with Crippen molar-refractivity contribution in [2.24, 2.45) is 5.92 Å². The fraction of sp³-hybridized carbons (Fsp3) is 1.00. The van der Waals surface area contributed by atoms with E-state index in [0.717, 1.165) is 5.92 Å². The first-order valence-electron chi connectivity index (χ1n) is 6.85. The SMILES string of the molecule is COC1CCCCCCC(C)CCCC1. The van der Waals surface area contributed by atoms with Gasteiger partial charge in [0, 0.05) is 7.11 Å². The van der Waals surface area contributed by atoms with E-state index in [2.05, 4.69) is 6.92 Å². The van der Waals surface area contributed by atoms with Crippen LogP contribution in [0.2, 0.25) is 0 Å². The van der Waals surface area contributed by atoms with Crippen molar-refractivity contribution >= 4 is 0 Å². The Labute approximate surface area is 95.6 Å². The lowest BCUT2D eigenvalue weighted by Gasteiger charge is -2.17. The molecule has 0 heterocycles. The van der Waals surface area contributed by atoms with Gasteiger partial charge in [-0.1, -0.05) is 58.3 Å². The lowest BCUT2D eigenvalue weighted by molar-refractivity contribution is 0.0824. The number of methoxy groups -OCH3 is 1. The highest BCUT2D eigenvalue weighted by molar-refractivity contribution is 4.62. The van der Waals surface area contributed by atoms with Crippen LogP contribution in [0, 0.1) is 5.92 Å². The molecule has 90 valence electrons. The minimum absolute atomic E-state index is 0.541. The Kier molecular flexibility index (Phi) is 7.08. The minimum Gasteiger partial charge on any atom is -0.381 e. The third-order valence-electron chi connectivity index (χ3n) is 3.78. The van der Waals surface area contributed by atoms with Crippen molar-refractivity contribution in [3.8, 4) is 0 Å². The highest BCUT2D eigenvalue weighted by atomic mass is 16.5. The molecule has 0 radical (unpaired) electrons. The molecular weight excluding hydrogens is 184 g/mol. The highest BCUT2D eigenvalue weighted by Crippen LogP contribution is 2.21. The van der Waals surface area contributed by atoms with Crippen molar-refractivity contribution in [1.82, 2.24) is 0 Å². The van der Waals surface area contributed by atoms with E-state index in [1.807, 2.05) is 7.11 Å². The van der Waals surface area contributed by atoms with Gasteiger partial charge < -0.3 is 4.74 Å². The molecule has 0 aromatic rings. The van der Waals surface area contributed by atoms with Crippen LogP contribution in [0.1, 0.15) is 71.1 Å². The van der Waals surface area contributed by atoms with Gasteiger partial charge in [-0.3, -0.25) is 0 Å². The Morgan fingerprint density at radius 1 is 0.733 bits per heavy atom. The van der Waals surface area contributed by atoms with Gasteiger partial charge in [0.1, 0.15) is 0 Å². The van der Waals surface area contributed by atoms with Gasteiger partial charge in [0.05, 0.1) is 6.10 Å². The summed E-state index contributed by atoms with van der Waals surface area (Å²) in [5.41, 5.74) is 0. The molecule has 1 saturated carbocycles. The van der Waals surface area contributed by atoms with Crippen LogP contribution in [-0.2, 0) is 4.74 Å². The first kappa shape index (κ1) is 13.0. The summed E-state index contributed by atoms with van der Waals surface area (Å²) in [5, 5.41) is 0. The monoisotopic (exact) mass is 212 g/mol. The quantitative estimate of drug-likeness (QED) is 0.619. The van der Waals surface area contributed by atoms with Crippen LogP contribution < -0.4 is 0 Å². The Hall–Kier alpha value is -0.0400. The predicted octanol–water partition coefficient (Wildman–Crippen LogP) is 4.55. The Balaban J connectivity index is 2.24. The topological polar surface area (TPSA) is 9.23 Å². The zero-order valence-electron chi connectivity index (χ0n) is 10.6. The van der Waals surface area contributed by atoms with Gasteiger partial charge in [0.25, 0.3) is 0 Å². The summed E-state index contributed by atoms with van der Waals surface area (Å²) in [5.74, 6) is 0.949. The van der Waals surface area contributed by atoms with E-state index >= 15 is 0 Å². The smallest absolute Gasteiger partial charge is 0.0571 e. The molecule has 0 spiro atoms. The third kappa shape index (κ3) is 6.19. The second-order valence-corrected chi connectivity index (χ2v) is 5.24. The zero-order valence-corrected chi connectivity index (χ0v) is 10.6. The standard InChI is InChI=1S/C14H28O/c1-13-9-5-3-4-6-11-14(15-2)12-8-7-10-13/h13-14H,3-12H2,1-2H3. The first-order chi connectivity index (χ1) is 7.33. The average Bonchev–Trinajstić information content (AvgIpc) is 2.23. The van der Waals surface area contributed by atoms with Crippen molar-refractivity contribution < 1.29 is 4.74 Å². The number of ether oxygens (including phenoxy) is 1. The molecule has 0 aliphatic heterocycles. The Morgan fingerprint density at radius 3 is 1.80 bits per heavy atom. The molecule has 1 heteroatoms. The molecule has 1 aliphatic rings. The maximum atomic E-state index is 5.52. The molecule has 15 heavy (non-hydrogen) atoms. The summed E-state index contributed by atoms with van der Waals surface area (Å²) in [6.45, 7) is 2.42. The van der Waals surface area contributed by atoms with E-state index in [1.54, 1.807) is 0 Å². The van der Waals surface area contributed by atoms with Gasteiger partial charge in [-0.15, -0.1) is 0 Å². The van der Waals surface area contributed by atoms with Crippen molar-refractivity contribution in [2.45, 2.75) is 77.2 Å². The van der Waals surface area contributed by atoms with Gasteiger partial charge in [-0.25, -0.2) is 0 Å². The predicted molar refractivity (Wildman–Crippen MR) is 66.1 cm³/mol. The number of rotatable bonds is 1. The average molecular weight is 212 g/mol. The third-order valence-corrected chi connectivity index (χ3v) is 3.78. The minimum atomic E-state index is 0.541. The molecule has 1 nitrogen and oxygen atoms in total. The van der Waals surface area contributed by atoms with Gasteiger partial charge >= 0.3 is 0 Å². The van der Waals surface area contributed by atoms with Crippen LogP contribution in [0.4, 0.5) is 0 Å². The fourth-order valence-corrected chi connectivity index (χ4v) is 2.61. The molecule has 2 unspecified atom stereocenters. The summed E-state index contributed by atoms with van der Waals surface area (Å²) in [4.78, 5) is 0. The number of hydrogen-bond donors (Lipinski definition) is 0. The maximum Gasteiger partial charge on any atom is 0.0571 e. The van der Waals surface area contributed by atoms with Crippen molar-refractivity contribution in [3.63, 3.8) is 0 Å². The van der Waals surface area contributed by atoms with E-state index in [0.29, 0.717) is 6.10 Å². The van der Waals surface area contributed by atoms with Gasteiger partial charge in [-0.2, -0.15) is 0 Å². The summed E-state index contributed by atoms with van der Waals surface area (Å²) in [7, 11) is 1.87. The van der Waals surface area contributed by atoms with Crippen LogP contribution in [0.25, 0.3) is 0 Å². The molecule has 1 aliphatic carbocycles. The summed E-state index contributed by atoms with van der Waals surface area (Å²) in [6.07, 6.45) is 14.4. The van der Waals surface area contributed by atoms with Crippen molar-refractivity contribution in [1.29, 1.82) is 0 Å². The largest absolute Gasteiger partial charge is 0.381 e. The lowest BCUT2D eigenvalue weighted by atomic mass is 9.94. The van der Waals surface area contributed by atoms with Crippen molar-refractivity contribution in [2.75, 3.05) is 7.11 Å². The molecule has 0 bridgehead atoms. The molecular formula is C14H28O. The van der Waals surface area contributed by atoms with Gasteiger partial charge in [0.15, 0.2) is 0 Å². The zero-order chi connectivity index (χ0) is 10.9. The molecule has 0 aromatic heterocycles. The van der Waals surface area contributed by atoms with E-state index in [9.17, 15) is 0 Å².